The van der Waals surface area contributed by atoms with Crippen molar-refractivity contribution in [3.05, 3.63) is 33.8 Å². The third-order valence-electron chi connectivity index (χ3n) is 3.73. The van der Waals surface area contributed by atoms with E-state index in [1.54, 1.807) is 26.0 Å². The SMILES string of the molecule is CCOC(=O)COCCN1C(=O)N[C@@](C)(c2ccc(Cl)cc2Cl)C1=O. The van der Waals surface area contributed by atoms with Gasteiger partial charge in [0.25, 0.3) is 5.91 Å². The van der Waals surface area contributed by atoms with Crippen LogP contribution in [0.1, 0.15) is 19.4 Å². The number of nitrogens with zero attached hydrogens (tertiary/aromatic N) is 1. The number of hydrogen-bond acceptors (Lipinski definition) is 5. The lowest BCUT2D eigenvalue weighted by molar-refractivity contribution is -0.148. The second-order valence-corrected chi connectivity index (χ2v) is 6.34. The molecule has 1 aromatic rings. The van der Waals surface area contributed by atoms with Crippen molar-refractivity contribution >= 4 is 41.1 Å². The zero-order valence-corrected chi connectivity index (χ0v) is 15.3. The number of nitrogens with one attached hydrogen (secondary N) is 1. The van der Waals surface area contributed by atoms with Crippen molar-refractivity contribution in [1.82, 2.24) is 10.2 Å². The van der Waals surface area contributed by atoms with Gasteiger partial charge in [-0.1, -0.05) is 29.3 Å². The van der Waals surface area contributed by atoms with E-state index in [1.807, 2.05) is 0 Å². The van der Waals surface area contributed by atoms with E-state index in [4.69, 9.17) is 32.7 Å². The summed E-state index contributed by atoms with van der Waals surface area (Å²) in [6.45, 7) is 3.30. The van der Waals surface area contributed by atoms with E-state index in [1.165, 1.54) is 6.07 Å². The summed E-state index contributed by atoms with van der Waals surface area (Å²) in [5.41, 5.74) is -0.841. The molecule has 1 aliphatic rings. The number of amides is 3. The number of ether oxygens (including phenoxy) is 2. The number of benzene rings is 1. The number of carbonyl (C=O) groups excluding carboxylic acids is 3. The Morgan fingerprint density at radius 2 is 2.04 bits per heavy atom. The largest absolute Gasteiger partial charge is 0.464 e. The second kappa shape index (κ2) is 8.03. The summed E-state index contributed by atoms with van der Waals surface area (Å²) in [6, 6.07) is 4.15. The molecule has 0 aromatic heterocycles. The molecule has 1 N–H and O–H groups in total. The Labute approximate surface area is 155 Å². The molecule has 0 bridgehead atoms. The third-order valence-corrected chi connectivity index (χ3v) is 4.28. The fraction of sp³-hybridized carbons (Fsp3) is 0.438. The van der Waals surface area contributed by atoms with Crippen molar-refractivity contribution < 1.29 is 23.9 Å². The van der Waals surface area contributed by atoms with Crippen LogP contribution in [-0.2, 0) is 24.6 Å². The number of urea groups is 1. The molecular weight excluding hydrogens is 371 g/mol. The van der Waals surface area contributed by atoms with Gasteiger partial charge in [-0.3, -0.25) is 9.69 Å². The maximum atomic E-state index is 12.7. The highest BCUT2D eigenvalue weighted by molar-refractivity contribution is 6.35. The van der Waals surface area contributed by atoms with Crippen molar-refractivity contribution in [2.75, 3.05) is 26.4 Å². The fourth-order valence-corrected chi connectivity index (χ4v) is 3.09. The molecule has 3 amide bonds. The molecule has 0 radical (unpaired) electrons. The van der Waals surface area contributed by atoms with E-state index in [2.05, 4.69) is 5.32 Å². The topological polar surface area (TPSA) is 84.9 Å². The van der Waals surface area contributed by atoms with E-state index < -0.39 is 23.4 Å². The minimum atomic E-state index is -1.29. The van der Waals surface area contributed by atoms with Gasteiger partial charge in [-0.2, -0.15) is 0 Å². The molecule has 25 heavy (non-hydrogen) atoms. The minimum Gasteiger partial charge on any atom is -0.464 e. The Balaban J connectivity index is 2.02. The summed E-state index contributed by atoms with van der Waals surface area (Å²) in [7, 11) is 0. The van der Waals surface area contributed by atoms with Gasteiger partial charge < -0.3 is 14.8 Å². The highest BCUT2D eigenvalue weighted by Crippen LogP contribution is 2.34. The van der Waals surface area contributed by atoms with Crippen LogP contribution in [0.3, 0.4) is 0 Å². The molecule has 7 nitrogen and oxygen atoms in total. The van der Waals surface area contributed by atoms with Crippen LogP contribution in [-0.4, -0.2) is 49.2 Å². The number of imide groups is 1. The minimum absolute atomic E-state index is 0.00483. The molecular formula is C16H18Cl2N2O5. The van der Waals surface area contributed by atoms with Crippen LogP contribution in [0.2, 0.25) is 10.0 Å². The quantitative estimate of drug-likeness (QED) is 0.440. The smallest absolute Gasteiger partial charge is 0.332 e. The van der Waals surface area contributed by atoms with Crippen LogP contribution < -0.4 is 5.32 Å². The van der Waals surface area contributed by atoms with Gasteiger partial charge in [-0.15, -0.1) is 0 Å². The van der Waals surface area contributed by atoms with Gasteiger partial charge in [-0.25, -0.2) is 9.59 Å². The molecule has 9 heteroatoms. The predicted octanol–water partition coefficient (Wildman–Crippen LogP) is 2.34. The zero-order chi connectivity index (χ0) is 18.6. The van der Waals surface area contributed by atoms with Crippen LogP contribution in [0.4, 0.5) is 4.79 Å². The zero-order valence-electron chi connectivity index (χ0n) is 13.8. The van der Waals surface area contributed by atoms with E-state index in [-0.39, 0.29) is 31.4 Å². The van der Waals surface area contributed by atoms with Gasteiger partial charge in [0.15, 0.2) is 0 Å². The van der Waals surface area contributed by atoms with Gasteiger partial charge in [0.2, 0.25) is 0 Å². The Hall–Kier alpha value is -1.83. The lowest BCUT2D eigenvalue weighted by atomic mass is 9.92. The second-order valence-electron chi connectivity index (χ2n) is 5.49. The first-order chi connectivity index (χ1) is 11.8. The van der Waals surface area contributed by atoms with Crippen LogP contribution in [0.15, 0.2) is 18.2 Å². The average Bonchev–Trinajstić information content (AvgIpc) is 2.75. The van der Waals surface area contributed by atoms with Crippen LogP contribution >= 0.6 is 23.2 Å². The van der Waals surface area contributed by atoms with Gasteiger partial charge in [0.05, 0.1) is 19.8 Å². The maximum absolute atomic E-state index is 12.7. The van der Waals surface area contributed by atoms with Crippen LogP contribution in [0.25, 0.3) is 0 Å². The monoisotopic (exact) mass is 388 g/mol. The standard InChI is InChI=1S/C16H18Cl2N2O5/c1-3-25-13(21)9-24-7-6-20-14(22)16(2,19-15(20)23)11-5-4-10(17)8-12(11)18/h4-5,8H,3,6-7,9H2,1-2H3,(H,19,23)/t16-/m0/s1. The number of hydrogen-bond donors (Lipinski definition) is 1. The first kappa shape index (κ1) is 19.5. The first-order valence-electron chi connectivity index (χ1n) is 7.62. The van der Waals surface area contributed by atoms with Crippen molar-refractivity contribution in [2.24, 2.45) is 0 Å². The maximum Gasteiger partial charge on any atom is 0.332 e. The molecule has 0 saturated carbocycles. The van der Waals surface area contributed by atoms with Gasteiger partial charge in [0.1, 0.15) is 12.1 Å². The molecule has 136 valence electrons. The normalized spacial score (nSPS) is 19.9. The molecule has 0 aliphatic carbocycles. The molecule has 2 rings (SSSR count). The summed E-state index contributed by atoms with van der Waals surface area (Å²) < 4.78 is 9.85. The molecule has 0 spiro atoms. The first-order valence-corrected chi connectivity index (χ1v) is 8.38. The van der Waals surface area contributed by atoms with Crippen molar-refractivity contribution in [3.8, 4) is 0 Å². The molecule has 1 aliphatic heterocycles. The number of esters is 1. The summed E-state index contributed by atoms with van der Waals surface area (Å²) in [6.07, 6.45) is 0. The molecule has 1 heterocycles. The van der Waals surface area contributed by atoms with Crippen LogP contribution in [0.5, 0.6) is 0 Å². The van der Waals surface area contributed by atoms with Crippen molar-refractivity contribution in [2.45, 2.75) is 19.4 Å². The third kappa shape index (κ3) is 4.23. The number of halogens is 2. The molecule has 1 aromatic carbocycles. The highest BCUT2D eigenvalue weighted by Gasteiger charge is 2.49. The number of carbonyl (C=O) groups is 3. The molecule has 1 atom stereocenters. The van der Waals surface area contributed by atoms with Gasteiger partial charge in [-0.05, 0) is 26.0 Å². The summed E-state index contributed by atoms with van der Waals surface area (Å²) in [5.74, 6) is -0.959. The molecule has 1 saturated heterocycles. The Morgan fingerprint density at radius 1 is 1.32 bits per heavy atom. The predicted molar refractivity (Wildman–Crippen MR) is 91.5 cm³/mol. The van der Waals surface area contributed by atoms with E-state index in [0.29, 0.717) is 10.6 Å². The highest BCUT2D eigenvalue weighted by atomic mass is 35.5. The molecule has 1 fully saturated rings. The average molecular weight is 389 g/mol. The Morgan fingerprint density at radius 3 is 2.68 bits per heavy atom. The van der Waals surface area contributed by atoms with Crippen molar-refractivity contribution in [1.29, 1.82) is 0 Å². The molecule has 0 unspecified atom stereocenters. The lowest BCUT2D eigenvalue weighted by Crippen LogP contribution is -2.41. The van der Waals surface area contributed by atoms with E-state index in [9.17, 15) is 14.4 Å². The Kier molecular flexibility index (Phi) is 6.26. The summed E-state index contributed by atoms with van der Waals surface area (Å²) >= 11 is 12.0. The summed E-state index contributed by atoms with van der Waals surface area (Å²) in [4.78, 5) is 37.1. The fourth-order valence-electron chi connectivity index (χ4n) is 2.49. The lowest BCUT2D eigenvalue weighted by Gasteiger charge is -2.23. The van der Waals surface area contributed by atoms with Gasteiger partial charge >= 0.3 is 12.0 Å². The number of rotatable bonds is 7. The van der Waals surface area contributed by atoms with Gasteiger partial charge in [0, 0.05) is 15.6 Å². The summed E-state index contributed by atoms with van der Waals surface area (Å²) in [5, 5.41) is 3.35. The van der Waals surface area contributed by atoms with Crippen molar-refractivity contribution in [3.63, 3.8) is 0 Å². The van der Waals surface area contributed by atoms with E-state index in [0.717, 1.165) is 4.90 Å². The Bertz CT molecular complexity index is 697. The van der Waals surface area contributed by atoms with Crippen LogP contribution in [0, 0.1) is 0 Å². The van der Waals surface area contributed by atoms with E-state index >= 15 is 0 Å².